The largest absolute Gasteiger partial charge is 0.465 e. The van der Waals surface area contributed by atoms with Crippen LogP contribution in [-0.4, -0.2) is 36.1 Å². The third-order valence-corrected chi connectivity index (χ3v) is 2.82. The van der Waals surface area contributed by atoms with Gasteiger partial charge in [-0.05, 0) is 32.1 Å². The number of hydrogen-bond acceptors (Lipinski definition) is 3. The van der Waals surface area contributed by atoms with Crippen LogP contribution in [0.4, 0.5) is 0 Å². The van der Waals surface area contributed by atoms with Gasteiger partial charge in [-0.3, -0.25) is 4.79 Å². The first-order chi connectivity index (χ1) is 8.16. The summed E-state index contributed by atoms with van der Waals surface area (Å²) < 4.78 is 10.6. The summed E-state index contributed by atoms with van der Waals surface area (Å²) in [6.07, 6.45) is 4.93. The molecular weight excluding hydrogens is 218 g/mol. The number of furan rings is 1. The van der Waals surface area contributed by atoms with Crippen molar-refractivity contribution in [3.05, 3.63) is 30.2 Å². The number of hydrogen-bond donors (Lipinski definition) is 0. The van der Waals surface area contributed by atoms with Gasteiger partial charge in [0.05, 0.1) is 25.0 Å². The van der Waals surface area contributed by atoms with Gasteiger partial charge >= 0.3 is 0 Å². The van der Waals surface area contributed by atoms with Crippen molar-refractivity contribution in [3.63, 3.8) is 0 Å². The molecule has 0 spiro atoms. The van der Waals surface area contributed by atoms with Crippen molar-refractivity contribution < 1.29 is 13.9 Å². The van der Waals surface area contributed by atoms with Gasteiger partial charge in [-0.15, -0.1) is 0 Å². The van der Waals surface area contributed by atoms with Crippen LogP contribution in [0.2, 0.25) is 0 Å². The number of morpholine rings is 1. The maximum Gasteiger partial charge on any atom is 0.247 e. The summed E-state index contributed by atoms with van der Waals surface area (Å²) in [7, 11) is 0. The molecule has 0 radical (unpaired) electrons. The van der Waals surface area contributed by atoms with E-state index in [-0.39, 0.29) is 18.1 Å². The lowest BCUT2D eigenvalue weighted by atomic mass is 10.2. The minimum atomic E-state index is 0.00375. The van der Waals surface area contributed by atoms with Gasteiger partial charge < -0.3 is 14.1 Å². The lowest BCUT2D eigenvalue weighted by Crippen LogP contribution is -2.49. The van der Waals surface area contributed by atoms with Crippen LogP contribution in [0.15, 0.2) is 28.9 Å². The van der Waals surface area contributed by atoms with Gasteiger partial charge in [-0.2, -0.15) is 0 Å². The van der Waals surface area contributed by atoms with Gasteiger partial charge in [0.1, 0.15) is 5.76 Å². The third kappa shape index (κ3) is 2.97. The standard InChI is InChI=1S/C13H17NO3/c1-10-9-17-11(2)8-14(10)13(15)6-5-12-4-3-7-16-12/h3-7,10-11H,8-9H2,1-2H3/b6-5+. The Kier molecular flexibility index (Phi) is 3.64. The highest BCUT2D eigenvalue weighted by Gasteiger charge is 2.25. The Morgan fingerprint density at radius 1 is 1.53 bits per heavy atom. The SMILES string of the molecule is CC1CN(C(=O)/C=C/c2ccco2)C(C)CO1. The monoisotopic (exact) mass is 235 g/mol. The van der Waals surface area contributed by atoms with E-state index in [0.717, 1.165) is 0 Å². The Balaban J connectivity index is 1.99. The van der Waals surface area contributed by atoms with Crippen LogP contribution in [0.5, 0.6) is 0 Å². The van der Waals surface area contributed by atoms with Crippen molar-refractivity contribution in [1.29, 1.82) is 0 Å². The minimum Gasteiger partial charge on any atom is -0.465 e. The first-order valence-corrected chi connectivity index (χ1v) is 5.80. The second-order valence-electron chi connectivity index (χ2n) is 4.33. The van der Waals surface area contributed by atoms with E-state index in [9.17, 15) is 4.79 Å². The van der Waals surface area contributed by atoms with Crippen molar-refractivity contribution in [2.45, 2.75) is 26.0 Å². The molecular formula is C13H17NO3. The topological polar surface area (TPSA) is 42.7 Å². The lowest BCUT2D eigenvalue weighted by molar-refractivity contribution is -0.137. The number of nitrogens with zero attached hydrogens (tertiary/aromatic N) is 1. The van der Waals surface area contributed by atoms with Gasteiger partial charge in [0.15, 0.2) is 0 Å². The zero-order valence-electron chi connectivity index (χ0n) is 10.1. The van der Waals surface area contributed by atoms with E-state index in [1.54, 1.807) is 24.5 Å². The van der Waals surface area contributed by atoms with Crippen LogP contribution < -0.4 is 0 Å². The highest BCUT2D eigenvalue weighted by molar-refractivity contribution is 5.91. The summed E-state index contributed by atoms with van der Waals surface area (Å²) in [6, 6.07) is 3.73. The molecule has 0 N–H and O–H groups in total. The lowest BCUT2D eigenvalue weighted by Gasteiger charge is -2.36. The van der Waals surface area contributed by atoms with E-state index in [1.807, 2.05) is 24.8 Å². The van der Waals surface area contributed by atoms with Crippen molar-refractivity contribution in [1.82, 2.24) is 4.90 Å². The van der Waals surface area contributed by atoms with Gasteiger partial charge in [-0.1, -0.05) is 0 Å². The first-order valence-electron chi connectivity index (χ1n) is 5.80. The number of rotatable bonds is 2. The molecule has 2 atom stereocenters. The van der Waals surface area contributed by atoms with Crippen molar-refractivity contribution >= 4 is 12.0 Å². The average Bonchev–Trinajstić information content (AvgIpc) is 2.82. The smallest absolute Gasteiger partial charge is 0.247 e. The number of carbonyl (C=O) groups excluding carboxylic acids is 1. The molecule has 1 aromatic heterocycles. The van der Waals surface area contributed by atoms with Crippen LogP contribution in [0.3, 0.4) is 0 Å². The molecule has 1 aliphatic rings. The van der Waals surface area contributed by atoms with E-state index < -0.39 is 0 Å². The van der Waals surface area contributed by atoms with Crippen molar-refractivity contribution in [2.24, 2.45) is 0 Å². The first kappa shape index (κ1) is 11.9. The van der Waals surface area contributed by atoms with Gasteiger partial charge in [-0.25, -0.2) is 0 Å². The maximum absolute atomic E-state index is 12.0. The van der Waals surface area contributed by atoms with Crippen LogP contribution in [0.25, 0.3) is 6.08 Å². The van der Waals surface area contributed by atoms with Gasteiger partial charge in [0, 0.05) is 12.6 Å². The molecule has 0 bridgehead atoms. The molecule has 1 aliphatic heterocycles. The van der Waals surface area contributed by atoms with E-state index in [4.69, 9.17) is 9.15 Å². The van der Waals surface area contributed by atoms with Crippen LogP contribution in [-0.2, 0) is 9.53 Å². The summed E-state index contributed by atoms with van der Waals surface area (Å²) in [5.74, 6) is 0.691. The normalized spacial score (nSPS) is 25.4. The number of carbonyl (C=O) groups is 1. The fourth-order valence-electron chi connectivity index (χ4n) is 1.85. The maximum atomic E-state index is 12.0. The Labute approximate surface area is 101 Å². The fraction of sp³-hybridized carbons (Fsp3) is 0.462. The Bertz CT molecular complexity index is 397. The molecule has 0 aliphatic carbocycles. The molecule has 1 saturated heterocycles. The summed E-state index contributed by atoms with van der Waals surface area (Å²) in [5.41, 5.74) is 0. The average molecular weight is 235 g/mol. The number of ether oxygens (including phenoxy) is 1. The molecule has 2 heterocycles. The summed E-state index contributed by atoms with van der Waals surface area (Å²) in [5, 5.41) is 0. The molecule has 0 saturated carbocycles. The Morgan fingerprint density at radius 2 is 2.35 bits per heavy atom. The highest BCUT2D eigenvalue weighted by Crippen LogP contribution is 2.12. The van der Waals surface area contributed by atoms with Crippen LogP contribution in [0.1, 0.15) is 19.6 Å². The molecule has 0 aromatic carbocycles. The van der Waals surface area contributed by atoms with Gasteiger partial charge in [0.2, 0.25) is 5.91 Å². The predicted molar refractivity (Wildman–Crippen MR) is 64.3 cm³/mol. The molecule has 4 heteroatoms. The molecule has 1 aromatic rings. The van der Waals surface area contributed by atoms with Crippen molar-refractivity contribution in [3.8, 4) is 0 Å². The summed E-state index contributed by atoms with van der Waals surface area (Å²) >= 11 is 0. The number of amides is 1. The van der Waals surface area contributed by atoms with Crippen LogP contribution in [0, 0.1) is 0 Å². The van der Waals surface area contributed by atoms with Crippen LogP contribution >= 0.6 is 0 Å². The minimum absolute atomic E-state index is 0.00375. The molecule has 1 amide bonds. The fourth-order valence-corrected chi connectivity index (χ4v) is 1.85. The highest BCUT2D eigenvalue weighted by atomic mass is 16.5. The Hall–Kier alpha value is -1.55. The summed E-state index contributed by atoms with van der Waals surface area (Å²) in [6.45, 7) is 5.21. The van der Waals surface area contributed by atoms with E-state index in [0.29, 0.717) is 18.9 Å². The second kappa shape index (κ2) is 5.19. The molecule has 92 valence electrons. The summed E-state index contributed by atoms with van der Waals surface area (Å²) in [4.78, 5) is 13.8. The van der Waals surface area contributed by atoms with E-state index in [2.05, 4.69) is 0 Å². The quantitative estimate of drug-likeness (QED) is 0.736. The van der Waals surface area contributed by atoms with E-state index in [1.165, 1.54) is 0 Å². The molecule has 4 nitrogen and oxygen atoms in total. The predicted octanol–water partition coefficient (Wildman–Crippen LogP) is 1.93. The Morgan fingerprint density at radius 3 is 3.06 bits per heavy atom. The molecule has 2 unspecified atom stereocenters. The van der Waals surface area contributed by atoms with Gasteiger partial charge in [0.25, 0.3) is 0 Å². The molecule has 17 heavy (non-hydrogen) atoms. The molecule has 2 rings (SSSR count). The van der Waals surface area contributed by atoms with E-state index >= 15 is 0 Å². The zero-order valence-corrected chi connectivity index (χ0v) is 10.1. The van der Waals surface area contributed by atoms with Crippen molar-refractivity contribution in [2.75, 3.05) is 13.2 Å². The third-order valence-electron chi connectivity index (χ3n) is 2.82. The molecule has 1 fully saturated rings. The second-order valence-corrected chi connectivity index (χ2v) is 4.33. The zero-order chi connectivity index (χ0) is 12.3.